The predicted octanol–water partition coefficient (Wildman–Crippen LogP) is 3.05. The summed E-state index contributed by atoms with van der Waals surface area (Å²) in [5.74, 6) is -0.0325. The maximum Gasteiger partial charge on any atom is 0.157 e. The van der Waals surface area contributed by atoms with Crippen molar-refractivity contribution in [3.05, 3.63) is 35.4 Å². The van der Waals surface area contributed by atoms with Gasteiger partial charge in [-0.2, -0.15) is 5.26 Å². The second-order valence-electron chi connectivity index (χ2n) is 4.40. The normalized spacial score (nSPS) is 12.9. The molecule has 0 aliphatic carbocycles. The van der Waals surface area contributed by atoms with Gasteiger partial charge in [-0.15, -0.1) is 0 Å². The van der Waals surface area contributed by atoms with Crippen molar-refractivity contribution < 1.29 is 8.42 Å². The van der Waals surface area contributed by atoms with Crippen LogP contribution in [-0.4, -0.2) is 13.7 Å². The second-order valence-corrected chi connectivity index (χ2v) is 6.68. The molecule has 4 heteroatoms. The zero-order chi connectivity index (χ0) is 13.6. The molecule has 1 aromatic carbocycles. The van der Waals surface area contributed by atoms with Gasteiger partial charge in [0.2, 0.25) is 0 Å². The van der Waals surface area contributed by atoms with E-state index in [1.165, 1.54) is 0 Å². The molecule has 0 N–H and O–H groups in total. The van der Waals surface area contributed by atoms with Gasteiger partial charge in [0.15, 0.2) is 9.84 Å². The molecule has 1 aromatic rings. The fourth-order valence-electron chi connectivity index (χ4n) is 2.05. The molecule has 1 rings (SSSR count). The molecule has 18 heavy (non-hydrogen) atoms. The maximum absolute atomic E-state index is 12.3. The van der Waals surface area contributed by atoms with Crippen molar-refractivity contribution in [2.24, 2.45) is 0 Å². The van der Waals surface area contributed by atoms with E-state index in [1.807, 2.05) is 19.9 Å². The molecular weight excluding hydrogens is 246 g/mol. The van der Waals surface area contributed by atoms with Crippen molar-refractivity contribution >= 4 is 9.84 Å². The van der Waals surface area contributed by atoms with E-state index in [0.717, 1.165) is 6.42 Å². The Labute approximate surface area is 109 Å². The van der Waals surface area contributed by atoms with Gasteiger partial charge in [-0.1, -0.05) is 38.5 Å². The van der Waals surface area contributed by atoms with Gasteiger partial charge in [0.1, 0.15) is 0 Å². The summed E-state index contributed by atoms with van der Waals surface area (Å²) in [4.78, 5) is 0. The Kier molecular flexibility index (Phi) is 5.36. The second kappa shape index (κ2) is 6.55. The molecule has 0 bridgehead atoms. The first-order chi connectivity index (χ1) is 8.55. The monoisotopic (exact) mass is 265 g/mol. The summed E-state index contributed by atoms with van der Waals surface area (Å²) in [6.07, 6.45) is 2.18. The topological polar surface area (TPSA) is 57.9 Å². The average molecular weight is 265 g/mol. The zero-order valence-corrected chi connectivity index (χ0v) is 11.7. The van der Waals surface area contributed by atoms with Gasteiger partial charge in [-0.25, -0.2) is 8.42 Å². The van der Waals surface area contributed by atoms with Gasteiger partial charge >= 0.3 is 0 Å². The van der Waals surface area contributed by atoms with Gasteiger partial charge < -0.3 is 0 Å². The van der Waals surface area contributed by atoms with Crippen molar-refractivity contribution in [1.29, 1.82) is 5.26 Å². The first kappa shape index (κ1) is 14.7. The van der Waals surface area contributed by atoms with Crippen LogP contribution in [0.5, 0.6) is 0 Å². The molecule has 3 nitrogen and oxygen atoms in total. The Morgan fingerprint density at radius 1 is 1.28 bits per heavy atom. The number of benzene rings is 1. The number of hydrogen-bond donors (Lipinski definition) is 0. The Bertz CT molecular complexity index is 529. The van der Waals surface area contributed by atoms with Crippen LogP contribution in [0.1, 0.15) is 44.2 Å². The van der Waals surface area contributed by atoms with Crippen molar-refractivity contribution in [3.63, 3.8) is 0 Å². The summed E-state index contributed by atoms with van der Waals surface area (Å²) in [7, 11) is -3.17. The standard InChI is InChI=1S/C14H19NO2S/c1-3-7-14(4-2)18(16,17)11-13-9-6-5-8-12(13)10-15/h5-6,8-9,14H,3-4,7,11H2,1-2H3/t14-/m0/s1. The molecule has 0 spiro atoms. The van der Waals surface area contributed by atoms with Gasteiger partial charge in [-0.3, -0.25) is 0 Å². The third-order valence-electron chi connectivity index (χ3n) is 3.07. The fourth-order valence-corrected chi connectivity index (χ4v) is 4.07. The molecule has 0 saturated heterocycles. The molecule has 0 radical (unpaired) electrons. The van der Waals surface area contributed by atoms with Crippen LogP contribution in [0, 0.1) is 11.3 Å². The van der Waals surface area contributed by atoms with Crippen LogP contribution in [0.25, 0.3) is 0 Å². The first-order valence-electron chi connectivity index (χ1n) is 6.24. The van der Waals surface area contributed by atoms with E-state index in [-0.39, 0.29) is 11.0 Å². The molecule has 0 aliphatic rings. The van der Waals surface area contributed by atoms with Crippen molar-refractivity contribution in [1.82, 2.24) is 0 Å². The number of sulfone groups is 1. The highest BCUT2D eigenvalue weighted by molar-refractivity contribution is 7.91. The molecule has 0 amide bonds. The highest BCUT2D eigenvalue weighted by Gasteiger charge is 2.24. The van der Waals surface area contributed by atoms with Gasteiger partial charge in [0, 0.05) is 0 Å². The molecule has 98 valence electrons. The number of hydrogen-bond acceptors (Lipinski definition) is 3. The Morgan fingerprint density at radius 2 is 1.94 bits per heavy atom. The molecule has 0 fully saturated rings. The Morgan fingerprint density at radius 3 is 2.50 bits per heavy atom. The van der Waals surface area contributed by atoms with Crippen LogP contribution in [0.15, 0.2) is 24.3 Å². The molecule has 0 aromatic heterocycles. The summed E-state index contributed by atoms with van der Waals surface area (Å²) in [6.45, 7) is 3.88. The van der Waals surface area contributed by atoms with Crippen LogP contribution in [0.4, 0.5) is 0 Å². The molecular formula is C14H19NO2S. The minimum absolute atomic E-state index is 0.0325. The summed E-state index contributed by atoms with van der Waals surface area (Å²) in [5.41, 5.74) is 1.06. The molecule has 0 unspecified atom stereocenters. The molecule has 0 saturated carbocycles. The van der Waals surface area contributed by atoms with Crippen LogP contribution in [0.2, 0.25) is 0 Å². The highest BCUT2D eigenvalue weighted by atomic mass is 32.2. The summed E-state index contributed by atoms with van der Waals surface area (Å²) >= 11 is 0. The fraction of sp³-hybridized carbons (Fsp3) is 0.500. The third-order valence-corrected chi connectivity index (χ3v) is 5.37. The van der Waals surface area contributed by atoms with E-state index in [4.69, 9.17) is 5.26 Å². The first-order valence-corrected chi connectivity index (χ1v) is 7.96. The lowest BCUT2D eigenvalue weighted by Crippen LogP contribution is -2.22. The SMILES string of the molecule is CCC[C@H](CC)S(=O)(=O)Cc1ccccc1C#N. The molecule has 0 heterocycles. The van der Waals surface area contributed by atoms with E-state index in [0.29, 0.717) is 24.0 Å². The number of nitrogens with zero attached hydrogens (tertiary/aromatic N) is 1. The van der Waals surface area contributed by atoms with E-state index < -0.39 is 9.84 Å². The van der Waals surface area contributed by atoms with Crippen LogP contribution < -0.4 is 0 Å². The number of rotatable bonds is 6. The Hall–Kier alpha value is -1.34. The van der Waals surface area contributed by atoms with Crippen molar-refractivity contribution in [2.75, 3.05) is 0 Å². The van der Waals surface area contributed by atoms with E-state index in [1.54, 1.807) is 24.3 Å². The zero-order valence-electron chi connectivity index (χ0n) is 10.9. The maximum atomic E-state index is 12.3. The largest absolute Gasteiger partial charge is 0.228 e. The van der Waals surface area contributed by atoms with Gasteiger partial charge in [0.25, 0.3) is 0 Å². The van der Waals surface area contributed by atoms with E-state index in [2.05, 4.69) is 0 Å². The average Bonchev–Trinajstić information content (AvgIpc) is 2.35. The van der Waals surface area contributed by atoms with Crippen molar-refractivity contribution in [3.8, 4) is 6.07 Å². The smallest absolute Gasteiger partial charge is 0.157 e. The van der Waals surface area contributed by atoms with Crippen LogP contribution in [-0.2, 0) is 15.6 Å². The van der Waals surface area contributed by atoms with Gasteiger partial charge in [0.05, 0.1) is 22.6 Å². The third kappa shape index (κ3) is 3.58. The lowest BCUT2D eigenvalue weighted by atomic mass is 10.1. The van der Waals surface area contributed by atoms with Gasteiger partial charge in [-0.05, 0) is 24.5 Å². The summed E-state index contributed by atoms with van der Waals surface area (Å²) in [6, 6.07) is 8.94. The number of nitriles is 1. The van der Waals surface area contributed by atoms with Crippen LogP contribution >= 0.6 is 0 Å². The Balaban J connectivity index is 2.99. The molecule has 0 aliphatic heterocycles. The quantitative estimate of drug-likeness (QED) is 0.794. The van der Waals surface area contributed by atoms with Crippen LogP contribution in [0.3, 0.4) is 0 Å². The molecule has 1 atom stereocenters. The van der Waals surface area contributed by atoms with Crippen molar-refractivity contribution in [2.45, 2.75) is 44.1 Å². The van der Waals surface area contributed by atoms with E-state index >= 15 is 0 Å². The highest BCUT2D eigenvalue weighted by Crippen LogP contribution is 2.19. The lowest BCUT2D eigenvalue weighted by molar-refractivity contribution is 0.563. The minimum atomic E-state index is -3.17. The summed E-state index contributed by atoms with van der Waals surface area (Å²) in [5, 5.41) is 8.67. The summed E-state index contributed by atoms with van der Waals surface area (Å²) < 4.78 is 24.6. The lowest BCUT2D eigenvalue weighted by Gasteiger charge is -2.15. The minimum Gasteiger partial charge on any atom is -0.228 e. The van der Waals surface area contributed by atoms with E-state index in [9.17, 15) is 8.42 Å². The predicted molar refractivity (Wildman–Crippen MR) is 72.8 cm³/mol.